The Morgan fingerprint density at radius 3 is 2.94 bits per heavy atom. The zero-order valence-electron chi connectivity index (χ0n) is 9.65. The van der Waals surface area contributed by atoms with Crippen molar-refractivity contribution in [1.29, 1.82) is 0 Å². The first-order valence-electron chi connectivity index (χ1n) is 6.44. The van der Waals surface area contributed by atoms with Crippen molar-refractivity contribution in [2.45, 2.75) is 25.3 Å². The van der Waals surface area contributed by atoms with Gasteiger partial charge in [0.15, 0.2) is 0 Å². The lowest BCUT2D eigenvalue weighted by molar-refractivity contribution is -0.135. The van der Waals surface area contributed by atoms with E-state index in [1.165, 1.54) is 0 Å². The predicted molar refractivity (Wildman–Crippen MR) is 60.0 cm³/mol. The van der Waals surface area contributed by atoms with Crippen LogP contribution in [0.2, 0.25) is 0 Å². The van der Waals surface area contributed by atoms with Gasteiger partial charge in [0.05, 0.1) is 12.6 Å². The first kappa shape index (κ1) is 10.5. The van der Waals surface area contributed by atoms with Crippen LogP contribution < -0.4 is 5.32 Å². The fourth-order valence-electron chi connectivity index (χ4n) is 3.18. The number of ether oxygens (including phenoxy) is 1. The molecule has 90 valence electrons. The highest BCUT2D eigenvalue weighted by atomic mass is 16.5. The van der Waals surface area contributed by atoms with Crippen LogP contribution in [0.1, 0.15) is 19.3 Å². The third-order valence-corrected chi connectivity index (χ3v) is 4.23. The third kappa shape index (κ3) is 1.84. The van der Waals surface area contributed by atoms with Gasteiger partial charge in [-0.25, -0.2) is 0 Å². The number of nitrogens with zero attached hydrogens (tertiary/aromatic N) is 1. The molecule has 1 amide bonds. The molecule has 16 heavy (non-hydrogen) atoms. The first-order chi connectivity index (χ1) is 7.84. The Bertz CT molecular complexity index is 276. The summed E-state index contributed by atoms with van der Waals surface area (Å²) < 4.78 is 5.49. The Balaban J connectivity index is 1.60. The van der Waals surface area contributed by atoms with Gasteiger partial charge in [-0.1, -0.05) is 0 Å². The zero-order chi connectivity index (χ0) is 11.0. The Morgan fingerprint density at radius 1 is 1.25 bits per heavy atom. The molecule has 4 heteroatoms. The molecular formula is C12H20N2O2. The monoisotopic (exact) mass is 224 g/mol. The van der Waals surface area contributed by atoms with Crippen LogP contribution in [0.15, 0.2) is 0 Å². The van der Waals surface area contributed by atoms with Gasteiger partial charge in [0.25, 0.3) is 0 Å². The maximum Gasteiger partial charge on any atom is 0.239 e. The Morgan fingerprint density at radius 2 is 2.12 bits per heavy atom. The summed E-state index contributed by atoms with van der Waals surface area (Å²) in [5.74, 6) is 1.63. The summed E-state index contributed by atoms with van der Waals surface area (Å²) in [5.41, 5.74) is 0. The molecule has 3 aliphatic rings. The number of fused-ring (bicyclic) bond motifs is 1. The van der Waals surface area contributed by atoms with Gasteiger partial charge >= 0.3 is 0 Å². The summed E-state index contributed by atoms with van der Waals surface area (Å²) in [6.07, 6.45) is 3.28. The van der Waals surface area contributed by atoms with Crippen LogP contribution in [0.3, 0.4) is 0 Å². The topological polar surface area (TPSA) is 41.6 Å². The van der Waals surface area contributed by atoms with Crippen molar-refractivity contribution < 1.29 is 9.53 Å². The van der Waals surface area contributed by atoms with E-state index in [-0.39, 0.29) is 6.04 Å². The molecule has 3 saturated heterocycles. The minimum absolute atomic E-state index is 0.0962. The van der Waals surface area contributed by atoms with Crippen LogP contribution in [0.25, 0.3) is 0 Å². The molecule has 0 aliphatic carbocycles. The standard InChI is InChI=1S/C12H20N2O2/c15-12(11-2-1-4-13-11)14-5-3-9-7-16-8-10(9)6-14/h9-11,13H,1-8H2/t9-,10-,11-/m0/s1. The molecule has 3 heterocycles. The zero-order valence-corrected chi connectivity index (χ0v) is 9.65. The van der Waals surface area contributed by atoms with E-state index in [9.17, 15) is 4.79 Å². The highest BCUT2D eigenvalue weighted by Gasteiger charge is 2.37. The van der Waals surface area contributed by atoms with Crippen LogP contribution in [-0.4, -0.2) is 49.7 Å². The fraction of sp³-hybridized carbons (Fsp3) is 0.917. The molecule has 3 rings (SSSR count). The van der Waals surface area contributed by atoms with E-state index in [0.717, 1.165) is 52.1 Å². The van der Waals surface area contributed by atoms with E-state index in [1.54, 1.807) is 0 Å². The van der Waals surface area contributed by atoms with Gasteiger partial charge in [-0.2, -0.15) is 0 Å². The van der Waals surface area contributed by atoms with Crippen LogP contribution in [0, 0.1) is 11.8 Å². The van der Waals surface area contributed by atoms with Crippen molar-refractivity contribution in [3.05, 3.63) is 0 Å². The van der Waals surface area contributed by atoms with E-state index in [0.29, 0.717) is 17.7 Å². The molecule has 0 bridgehead atoms. The molecule has 3 aliphatic heterocycles. The second kappa shape index (κ2) is 4.34. The lowest BCUT2D eigenvalue weighted by atomic mass is 9.88. The highest BCUT2D eigenvalue weighted by Crippen LogP contribution is 2.29. The van der Waals surface area contributed by atoms with E-state index in [4.69, 9.17) is 4.74 Å². The van der Waals surface area contributed by atoms with Gasteiger partial charge in [-0.15, -0.1) is 0 Å². The number of amides is 1. The van der Waals surface area contributed by atoms with Crippen LogP contribution in [-0.2, 0) is 9.53 Å². The molecular weight excluding hydrogens is 204 g/mol. The number of rotatable bonds is 1. The first-order valence-corrected chi connectivity index (χ1v) is 6.44. The van der Waals surface area contributed by atoms with Gasteiger partial charge in [-0.05, 0) is 31.7 Å². The summed E-state index contributed by atoms with van der Waals surface area (Å²) in [6, 6.07) is 0.0962. The number of piperidine rings is 1. The molecule has 0 aromatic carbocycles. The van der Waals surface area contributed by atoms with Crippen molar-refractivity contribution in [3.63, 3.8) is 0 Å². The molecule has 0 unspecified atom stereocenters. The maximum absolute atomic E-state index is 12.2. The number of nitrogens with one attached hydrogen (secondary N) is 1. The van der Waals surface area contributed by atoms with Crippen molar-refractivity contribution >= 4 is 5.91 Å². The molecule has 1 N–H and O–H groups in total. The normalized spacial score (nSPS) is 38.8. The van der Waals surface area contributed by atoms with Gasteiger partial charge in [-0.3, -0.25) is 4.79 Å². The fourth-order valence-corrected chi connectivity index (χ4v) is 3.18. The Hall–Kier alpha value is -0.610. The molecule has 0 aromatic heterocycles. The van der Waals surface area contributed by atoms with Crippen molar-refractivity contribution in [2.75, 3.05) is 32.8 Å². The van der Waals surface area contributed by atoms with E-state index in [1.807, 2.05) is 0 Å². The molecule has 3 atom stereocenters. The van der Waals surface area contributed by atoms with Gasteiger partial charge in [0.1, 0.15) is 0 Å². The lowest BCUT2D eigenvalue weighted by Crippen LogP contribution is -2.49. The second-order valence-electron chi connectivity index (χ2n) is 5.28. The third-order valence-electron chi connectivity index (χ3n) is 4.23. The quantitative estimate of drug-likeness (QED) is 0.693. The van der Waals surface area contributed by atoms with E-state index < -0.39 is 0 Å². The van der Waals surface area contributed by atoms with Gasteiger partial charge < -0.3 is 15.0 Å². The van der Waals surface area contributed by atoms with Gasteiger partial charge in [0, 0.05) is 25.6 Å². The molecule has 0 aromatic rings. The number of hydrogen-bond acceptors (Lipinski definition) is 3. The number of carbonyl (C=O) groups is 1. The lowest BCUT2D eigenvalue weighted by Gasteiger charge is -2.35. The number of hydrogen-bond donors (Lipinski definition) is 1. The largest absolute Gasteiger partial charge is 0.381 e. The average molecular weight is 224 g/mol. The summed E-state index contributed by atoms with van der Waals surface area (Å²) in [7, 11) is 0. The van der Waals surface area contributed by atoms with Crippen molar-refractivity contribution in [1.82, 2.24) is 10.2 Å². The van der Waals surface area contributed by atoms with E-state index in [2.05, 4.69) is 10.2 Å². The summed E-state index contributed by atoms with van der Waals surface area (Å²) >= 11 is 0. The minimum atomic E-state index is 0.0962. The second-order valence-corrected chi connectivity index (χ2v) is 5.28. The van der Waals surface area contributed by atoms with Crippen LogP contribution >= 0.6 is 0 Å². The predicted octanol–water partition coefficient (Wildman–Crippen LogP) is 0.233. The van der Waals surface area contributed by atoms with Crippen LogP contribution in [0.4, 0.5) is 0 Å². The smallest absolute Gasteiger partial charge is 0.239 e. The Labute approximate surface area is 96.3 Å². The Kier molecular flexibility index (Phi) is 2.86. The van der Waals surface area contributed by atoms with Crippen molar-refractivity contribution in [2.24, 2.45) is 11.8 Å². The average Bonchev–Trinajstić information content (AvgIpc) is 2.98. The summed E-state index contributed by atoms with van der Waals surface area (Å²) in [5, 5.41) is 3.29. The maximum atomic E-state index is 12.2. The van der Waals surface area contributed by atoms with Crippen molar-refractivity contribution in [3.8, 4) is 0 Å². The number of carbonyl (C=O) groups excluding carboxylic acids is 1. The van der Waals surface area contributed by atoms with Crippen LogP contribution in [0.5, 0.6) is 0 Å². The molecule has 0 radical (unpaired) electrons. The molecule has 0 spiro atoms. The van der Waals surface area contributed by atoms with Gasteiger partial charge in [0.2, 0.25) is 5.91 Å². The highest BCUT2D eigenvalue weighted by molar-refractivity contribution is 5.82. The number of likely N-dealkylation sites (tertiary alicyclic amines) is 1. The summed E-state index contributed by atoms with van der Waals surface area (Å²) in [6.45, 7) is 4.61. The minimum Gasteiger partial charge on any atom is -0.381 e. The molecule has 4 nitrogen and oxygen atoms in total. The SMILES string of the molecule is O=C([C@@H]1CCCN1)N1CC[C@H]2COC[C@@H]2C1. The molecule has 3 fully saturated rings. The molecule has 0 saturated carbocycles. The van der Waals surface area contributed by atoms with E-state index >= 15 is 0 Å². The summed E-state index contributed by atoms with van der Waals surface area (Å²) in [4.78, 5) is 14.3.